The molecule has 0 saturated carbocycles. The van der Waals surface area contributed by atoms with Crippen LogP contribution in [0.4, 0.5) is 0 Å². The van der Waals surface area contributed by atoms with Gasteiger partial charge in [0.2, 0.25) is 5.91 Å². The van der Waals surface area contributed by atoms with Crippen molar-refractivity contribution in [1.29, 1.82) is 0 Å². The Bertz CT molecular complexity index is 1390. The number of esters is 1. The van der Waals surface area contributed by atoms with Gasteiger partial charge in [0, 0.05) is 6.42 Å². The van der Waals surface area contributed by atoms with E-state index >= 15 is 0 Å². The molecular weight excluding hydrogens is 967 g/mol. The quantitative estimate of drug-likeness (QED) is 0.0195. The van der Waals surface area contributed by atoms with Crippen LogP contribution in [0, 0.1) is 0 Å². The number of nitrogens with one attached hydrogen (secondary N) is 1. The Hall–Kier alpha value is -2.12. The van der Waals surface area contributed by atoms with Gasteiger partial charge in [0.25, 0.3) is 0 Å². The highest BCUT2D eigenvalue weighted by Crippen LogP contribution is 2.26. The number of ether oxygens (including phenoxy) is 3. The average molecular weight is 1090 g/mol. The molecule has 0 aromatic heterocycles. The summed E-state index contributed by atoms with van der Waals surface area (Å²) in [7, 11) is 0. The van der Waals surface area contributed by atoms with Crippen LogP contribution in [-0.2, 0) is 23.8 Å². The number of amides is 1. The highest BCUT2D eigenvalue weighted by molar-refractivity contribution is 5.80. The Labute approximate surface area is 473 Å². The molecule has 1 rings (SSSR count). The van der Waals surface area contributed by atoms with E-state index in [1.165, 1.54) is 199 Å². The number of unbranched alkanes of at least 4 members (excludes halogenated alkanes) is 38. The molecule has 11 nitrogen and oxygen atoms in total. The second-order valence-corrected chi connectivity index (χ2v) is 22.9. The lowest BCUT2D eigenvalue weighted by Gasteiger charge is -2.41. The number of rotatable bonds is 56. The van der Waals surface area contributed by atoms with Crippen LogP contribution in [0.2, 0.25) is 0 Å². The third kappa shape index (κ3) is 42.4. The summed E-state index contributed by atoms with van der Waals surface area (Å²) < 4.78 is 17.6. The van der Waals surface area contributed by atoms with E-state index in [0.717, 1.165) is 64.2 Å². The molecule has 77 heavy (non-hydrogen) atoms. The van der Waals surface area contributed by atoms with Gasteiger partial charge in [-0.3, -0.25) is 9.59 Å². The highest BCUT2D eigenvalue weighted by atomic mass is 16.7. The van der Waals surface area contributed by atoms with Gasteiger partial charge in [-0.25, -0.2) is 0 Å². The van der Waals surface area contributed by atoms with Crippen LogP contribution in [0.1, 0.15) is 310 Å². The van der Waals surface area contributed by atoms with E-state index in [-0.39, 0.29) is 13.0 Å². The smallest absolute Gasteiger partial charge is 0.306 e. The maximum Gasteiger partial charge on any atom is 0.306 e. The molecule has 1 saturated heterocycles. The summed E-state index contributed by atoms with van der Waals surface area (Å²) in [5.74, 6) is -1.18. The zero-order valence-electron chi connectivity index (χ0n) is 50.1. The Balaban J connectivity index is 2.57. The molecule has 0 aliphatic carbocycles. The van der Waals surface area contributed by atoms with Crippen LogP contribution in [0.25, 0.3) is 0 Å². The third-order valence-corrected chi connectivity index (χ3v) is 15.5. The summed E-state index contributed by atoms with van der Waals surface area (Å²) in [4.78, 5) is 26.5. The molecule has 1 heterocycles. The SMILES string of the molecule is CCCCC/C=C\C/C=C\CCCCCCCCCCCCCCCCC(O)C(=O)NC(COC1OC(CO)C(O)C(O)C1OC(=O)CCCCCCCCCCCCCCC)C(O)/C=C/CCCCCCCCCCC. The Morgan fingerprint density at radius 1 is 0.506 bits per heavy atom. The van der Waals surface area contributed by atoms with Crippen molar-refractivity contribution in [2.75, 3.05) is 13.2 Å². The molecule has 0 aromatic rings. The molecule has 0 aromatic carbocycles. The van der Waals surface area contributed by atoms with E-state index in [4.69, 9.17) is 14.2 Å². The number of allylic oxidation sites excluding steroid dienone is 5. The Morgan fingerprint density at radius 2 is 0.896 bits per heavy atom. The van der Waals surface area contributed by atoms with Crippen molar-refractivity contribution in [2.45, 2.75) is 359 Å². The minimum absolute atomic E-state index is 0.129. The molecule has 1 fully saturated rings. The maximum absolute atomic E-state index is 13.4. The van der Waals surface area contributed by atoms with Crippen LogP contribution < -0.4 is 5.32 Å². The zero-order chi connectivity index (χ0) is 56.1. The molecule has 1 amide bonds. The predicted octanol–water partition coefficient (Wildman–Crippen LogP) is 15.8. The van der Waals surface area contributed by atoms with Crippen molar-refractivity contribution in [3.63, 3.8) is 0 Å². The van der Waals surface area contributed by atoms with Crippen LogP contribution in [0.5, 0.6) is 0 Å². The summed E-state index contributed by atoms with van der Waals surface area (Å²) in [5, 5.41) is 57.0. The number of carbonyl (C=O) groups is 2. The van der Waals surface area contributed by atoms with Crippen LogP contribution >= 0.6 is 0 Å². The van der Waals surface area contributed by atoms with Crippen molar-refractivity contribution in [1.82, 2.24) is 5.32 Å². The monoisotopic (exact) mass is 1090 g/mol. The van der Waals surface area contributed by atoms with Gasteiger partial charge in [-0.1, -0.05) is 282 Å². The van der Waals surface area contributed by atoms with Gasteiger partial charge in [-0.2, -0.15) is 0 Å². The normalized spacial score (nSPS) is 19.2. The van der Waals surface area contributed by atoms with Crippen molar-refractivity contribution in [3.8, 4) is 0 Å². The molecular formula is C66H123NO10. The summed E-state index contributed by atoms with van der Waals surface area (Å²) in [6.45, 7) is 5.78. The van der Waals surface area contributed by atoms with E-state index in [1.807, 2.05) is 6.08 Å². The largest absolute Gasteiger partial charge is 0.454 e. The fraction of sp³-hybridized carbons (Fsp3) is 0.879. The number of carbonyl (C=O) groups excluding carboxylic acids is 2. The first-order valence-corrected chi connectivity index (χ1v) is 32.8. The van der Waals surface area contributed by atoms with Gasteiger partial charge in [-0.15, -0.1) is 0 Å². The van der Waals surface area contributed by atoms with Crippen molar-refractivity contribution < 1.29 is 49.3 Å². The molecule has 0 radical (unpaired) electrons. The zero-order valence-corrected chi connectivity index (χ0v) is 50.1. The lowest BCUT2D eigenvalue weighted by atomic mass is 9.99. The molecule has 8 atom stereocenters. The topological polar surface area (TPSA) is 175 Å². The number of hydrogen-bond donors (Lipinski definition) is 6. The second kappa shape index (κ2) is 54.5. The summed E-state index contributed by atoms with van der Waals surface area (Å²) in [6, 6.07) is -1.02. The van der Waals surface area contributed by atoms with Crippen molar-refractivity contribution >= 4 is 11.9 Å². The van der Waals surface area contributed by atoms with Gasteiger partial charge in [0.1, 0.15) is 24.4 Å². The number of hydrogen-bond acceptors (Lipinski definition) is 10. The fourth-order valence-electron chi connectivity index (χ4n) is 10.3. The van der Waals surface area contributed by atoms with E-state index in [2.05, 4.69) is 50.4 Å². The molecule has 1 aliphatic rings. The van der Waals surface area contributed by atoms with E-state index < -0.39 is 67.4 Å². The Kier molecular flexibility index (Phi) is 51.6. The summed E-state index contributed by atoms with van der Waals surface area (Å²) in [5.41, 5.74) is 0. The minimum Gasteiger partial charge on any atom is -0.454 e. The van der Waals surface area contributed by atoms with Gasteiger partial charge < -0.3 is 45.1 Å². The van der Waals surface area contributed by atoms with Crippen LogP contribution in [0.15, 0.2) is 36.5 Å². The first-order valence-electron chi connectivity index (χ1n) is 32.8. The molecule has 8 unspecified atom stereocenters. The lowest BCUT2D eigenvalue weighted by Crippen LogP contribution is -2.61. The Morgan fingerprint density at radius 3 is 1.35 bits per heavy atom. The maximum atomic E-state index is 13.4. The van der Waals surface area contributed by atoms with Crippen molar-refractivity contribution in [2.24, 2.45) is 0 Å². The summed E-state index contributed by atoms with van der Waals surface area (Å²) in [6.07, 6.45) is 54.8. The fourth-order valence-corrected chi connectivity index (χ4v) is 10.3. The first-order chi connectivity index (χ1) is 37.7. The highest BCUT2D eigenvalue weighted by Gasteiger charge is 2.47. The van der Waals surface area contributed by atoms with Gasteiger partial charge in [0.05, 0.1) is 25.4 Å². The third-order valence-electron chi connectivity index (χ3n) is 15.5. The molecule has 0 bridgehead atoms. The first kappa shape index (κ1) is 72.9. The number of aliphatic hydroxyl groups is 5. The molecule has 0 spiro atoms. The molecule has 6 N–H and O–H groups in total. The summed E-state index contributed by atoms with van der Waals surface area (Å²) >= 11 is 0. The van der Waals surface area contributed by atoms with Gasteiger partial charge in [-0.05, 0) is 57.8 Å². The van der Waals surface area contributed by atoms with Crippen LogP contribution in [-0.4, -0.2) is 99.6 Å². The standard InChI is InChI=1S/C66H123NO10/c1-4-7-10-13-16-19-22-24-25-26-27-28-29-30-31-32-33-34-36-38-41-44-47-50-53-59(70)65(74)67-57(58(69)52-49-46-43-40-37-21-18-15-12-9-6-3)56-75-66-64(63(73)62(72)60(55-68)76-66)77-61(71)54-51-48-45-42-39-35-23-20-17-14-11-8-5-2/h16,19,24-25,49,52,57-60,62-64,66,68-70,72-73H,4-15,17-18,20-23,26-48,50-51,53-56H2,1-3H3,(H,67,74)/b19-16-,25-24-,52-49+. The second-order valence-electron chi connectivity index (χ2n) is 22.9. The lowest BCUT2D eigenvalue weighted by molar-refractivity contribution is -0.305. The molecule has 1 aliphatic heterocycles. The van der Waals surface area contributed by atoms with E-state index in [1.54, 1.807) is 6.08 Å². The van der Waals surface area contributed by atoms with Crippen molar-refractivity contribution in [3.05, 3.63) is 36.5 Å². The average Bonchev–Trinajstić information content (AvgIpc) is 3.44. The van der Waals surface area contributed by atoms with E-state index in [0.29, 0.717) is 19.3 Å². The number of aliphatic hydroxyl groups excluding tert-OH is 5. The van der Waals surface area contributed by atoms with Gasteiger partial charge >= 0.3 is 5.97 Å². The molecule has 11 heteroatoms. The molecule has 452 valence electrons. The minimum atomic E-state index is -1.61. The van der Waals surface area contributed by atoms with Gasteiger partial charge in [0.15, 0.2) is 12.4 Å². The van der Waals surface area contributed by atoms with Crippen LogP contribution in [0.3, 0.4) is 0 Å². The van der Waals surface area contributed by atoms with E-state index in [9.17, 15) is 35.1 Å². The predicted molar refractivity (Wildman–Crippen MR) is 320 cm³/mol.